The summed E-state index contributed by atoms with van der Waals surface area (Å²) in [7, 11) is 3.09. The molecular formula is C32H34F4N8O3. The SMILES string of the molecule is CN(C)C(=O)c1cc2c(-c3ccc(N4CCNCC4)cc3OC(F)(F)F)cc(C3=CCCN(C(=O)CCn4ccnn4)C3)c(F)c2[nH]1. The zero-order valence-corrected chi connectivity index (χ0v) is 25.9. The fourth-order valence-corrected chi connectivity index (χ4v) is 6.01. The van der Waals surface area contributed by atoms with Crippen LogP contribution in [0.15, 0.2) is 48.8 Å². The molecule has 47 heavy (non-hydrogen) atoms. The molecule has 0 saturated carbocycles. The molecule has 6 rings (SSSR count). The molecule has 15 heteroatoms. The number of aryl methyl sites for hydroxylation is 1. The van der Waals surface area contributed by atoms with Gasteiger partial charge in [-0.2, -0.15) is 0 Å². The Labute approximate surface area is 267 Å². The van der Waals surface area contributed by atoms with E-state index < -0.39 is 23.8 Å². The molecule has 0 aliphatic carbocycles. The molecule has 0 radical (unpaired) electrons. The summed E-state index contributed by atoms with van der Waals surface area (Å²) in [6.45, 7) is 3.42. The average Bonchev–Trinajstić information content (AvgIpc) is 3.75. The normalized spacial score (nSPS) is 15.6. The first-order valence-electron chi connectivity index (χ1n) is 15.2. The number of ether oxygens (including phenoxy) is 1. The topological polar surface area (TPSA) is 112 Å². The summed E-state index contributed by atoms with van der Waals surface area (Å²) in [4.78, 5) is 33.8. The smallest absolute Gasteiger partial charge is 0.405 e. The summed E-state index contributed by atoms with van der Waals surface area (Å²) in [5, 5.41) is 11.1. The van der Waals surface area contributed by atoms with Gasteiger partial charge < -0.3 is 29.7 Å². The van der Waals surface area contributed by atoms with Crippen LogP contribution in [0.25, 0.3) is 27.6 Å². The van der Waals surface area contributed by atoms with Gasteiger partial charge in [-0.15, -0.1) is 18.3 Å². The third kappa shape index (κ3) is 6.94. The molecule has 0 unspecified atom stereocenters. The van der Waals surface area contributed by atoms with Gasteiger partial charge in [0.15, 0.2) is 5.82 Å². The highest BCUT2D eigenvalue weighted by atomic mass is 19.4. The van der Waals surface area contributed by atoms with E-state index in [1.165, 1.54) is 35.4 Å². The monoisotopic (exact) mass is 654 g/mol. The van der Waals surface area contributed by atoms with Crippen LogP contribution in [0.1, 0.15) is 28.9 Å². The number of hydrogen-bond donors (Lipinski definition) is 2. The van der Waals surface area contributed by atoms with Crippen LogP contribution in [-0.2, 0) is 11.3 Å². The van der Waals surface area contributed by atoms with Crippen molar-refractivity contribution in [3.05, 3.63) is 65.9 Å². The third-order valence-corrected chi connectivity index (χ3v) is 8.33. The highest BCUT2D eigenvalue weighted by Gasteiger charge is 2.34. The minimum absolute atomic E-state index is 0.0395. The lowest BCUT2D eigenvalue weighted by atomic mass is 9.92. The first kappa shape index (κ1) is 32.0. The van der Waals surface area contributed by atoms with E-state index in [-0.39, 0.29) is 52.2 Å². The van der Waals surface area contributed by atoms with Gasteiger partial charge in [0.1, 0.15) is 11.4 Å². The van der Waals surface area contributed by atoms with Crippen molar-refractivity contribution >= 4 is 34.0 Å². The van der Waals surface area contributed by atoms with E-state index in [0.29, 0.717) is 56.9 Å². The summed E-state index contributed by atoms with van der Waals surface area (Å²) in [5.41, 5.74) is 1.51. The van der Waals surface area contributed by atoms with E-state index in [1.807, 2.05) is 11.0 Å². The minimum atomic E-state index is -5.00. The summed E-state index contributed by atoms with van der Waals surface area (Å²) in [6.07, 6.45) is 0.610. The number of benzene rings is 2. The van der Waals surface area contributed by atoms with Crippen molar-refractivity contribution in [1.82, 2.24) is 35.1 Å². The molecule has 2 N–H and O–H groups in total. The Morgan fingerprint density at radius 1 is 1.04 bits per heavy atom. The quantitative estimate of drug-likeness (QED) is 0.273. The molecule has 2 amide bonds. The van der Waals surface area contributed by atoms with E-state index >= 15 is 4.39 Å². The molecule has 2 aromatic carbocycles. The maximum atomic E-state index is 16.4. The number of carbonyl (C=O) groups is 2. The number of hydrogen-bond acceptors (Lipinski definition) is 7. The van der Waals surface area contributed by atoms with Crippen LogP contribution in [-0.4, -0.2) is 101 Å². The van der Waals surface area contributed by atoms with Crippen LogP contribution < -0.4 is 15.0 Å². The minimum Gasteiger partial charge on any atom is -0.405 e. The maximum Gasteiger partial charge on any atom is 0.573 e. The van der Waals surface area contributed by atoms with Gasteiger partial charge >= 0.3 is 6.36 Å². The van der Waals surface area contributed by atoms with Gasteiger partial charge in [0.25, 0.3) is 5.91 Å². The maximum absolute atomic E-state index is 16.4. The molecule has 2 aliphatic rings. The summed E-state index contributed by atoms with van der Waals surface area (Å²) < 4.78 is 64.0. The number of halogens is 4. The standard InChI is InChI=1S/C32H34F4N8O3/c1-41(2)31(46)26-18-25-24(22-6-5-21(42-13-8-37-9-14-42)16-27(22)47-32(34,35)36)17-23(29(33)30(25)39-26)20-4-3-11-43(19-20)28(45)7-12-44-15-10-38-40-44/h4-6,10,15-18,37,39H,3,7-9,11-14,19H2,1-2H3. The van der Waals surface area contributed by atoms with Crippen molar-refractivity contribution < 1.29 is 31.9 Å². The van der Waals surface area contributed by atoms with Crippen molar-refractivity contribution in [2.24, 2.45) is 0 Å². The Kier molecular flexibility index (Phi) is 8.90. The van der Waals surface area contributed by atoms with Crippen molar-refractivity contribution in [3.8, 4) is 16.9 Å². The highest BCUT2D eigenvalue weighted by molar-refractivity contribution is 6.05. The van der Waals surface area contributed by atoms with Gasteiger partial charge in [-0.05, 0) is 41.8 Å². The van der Waals surface area contributed by atoms with E-state index in [9.17, 15) is 22.8 Å². The second kappa shape index (κ2) is 13.1. The van der Waals surface area contributed by atoms with Crippen LogP contribution in [0.3, 0.4) is 0 Å². The van der Waals surface area contributed by atoms with Gasteiger partial charge in [-0.3, -0.25) is 14.3 Å². The third-order valence-electron chi connectivity index (χ3n) is 8.33. The molecule has 2 aromatic heterocycles. The molecule has 1 fully saturated rings. The zero-order valence-electron chi connectivity index (χ0n) is 25.9. The van der Waals surface area contributed by atoms with Crippen LogP contribution in [0, 0.1) is 5.82 Å². The molecule has 1 saturated heterocycles. The number of nitrogens with zero attached hydrogens (tertiary/aromatic N) is 6. The number of aromatic amines is 1. The fourth-order valence-electron chi connectivity index (χ4n) is 6.01. The van der Waals surface area contributed by atoms with E-state index in [2.05, 4.69) is 25.3 Å². The Morgan fingerprint density at radius 2 is 1.83 bits per heavy atom. The van der Waals surface area contributed by atoms with Crippen molar-refractivity contribution in [2.75, 3.05) is 58.3 Å². The largest absolute Gasteiger partial charge is 0.573 e. The molecule has 11 nitrogen and oxygen atoms in total. The van der Waals surface area contributed by atoms with Crippen LogP contribution in [0.2, 0.25) is 0 Å². The summed E-state index contributed by atoms with van der Waals surface area (Å²) in [5.74, 6) is -1.72. The number of amides is 2. The number of nitrogens with one attached hydrogen (secondary N) is 2. The highest BCUT2D eigenvalue weighted by Crippen LogP contribution is 2.43. The lowest BCUT2D eigenvalue weighted by Gasteiger charge is -2.30. The number of anilines is 1. The van der Waals surface area contributed by atoms with Crippen LogP contribution in [0.4, 0.5) is 23.2 Å². The molecule has 4 aromatic rings. The van der Waals surface area contributed by atoms with Gasteiger partial charge in [0, 0.05) is 94.2 Å². The van der Waals surface area contributed by atoms with E-state index in [1.54, 1.807) is 35.9 Å². The van der Waals surface area contributed by atoms with Crippen LogP contribution >= 0.6 is 0 Å². The van der Waals surface area contributed by atoms with Crippen molar-refractivity contribution in [1.29, 1.82) is 0 Å². The first-order chi connectivity index (χ1) is 22.5. The number of piperazine rings is 1. The molecule has 4 heterocycles. The molecule has 0 bridgehead atoms. The number of rotatable bonds is 8. The fraction of sp³-hybridized carbons (Fsp3) is 0.375. The first-order valence-corrected chi connectivity index (χ1v) is 15.2. The Bertz CT molecular complexity index is 1810. The molecule has 0 spiro atoms. The second-order valence-corrected chi connectivity index (χ2v) is 11.7. The predicted molar refractivity (Wildman–Crippen MR) is 167 cm³/mol. The van der Waals surface area contributed by atoms with Crippen molar-refractivity contribution in [3.63, 3.8) is 0 Å². The average molecular weight is 655 g/mol. The Hall–Kier alpha value is -4.92. The van der Waals surface area contributed by atoms with Crippen molar-refractivity contribution in [2.45, 2.75) is 25.7 Å². The van der Waals surface area contributed by atoms with Gasteiger partial charge in [-0.25, -0.2) is 4.39 Å². The lowest BCUT2D eigenvalue weighted by Crippen LogP contribution is -2.43. The summed E-state index contributed by atoms with van der Waals surface area (Å²) in [6, 6.07) is 7.51. The van der Waals surface area contributed by atoms with Gasteiger partial charge in [0.05, 0.1) is 18.3 Å². The number of aromatic nitrogens is 4. The molecule has 2 aliphatic heterocycles. The number of H-pyrrole nitrogens is 1. The number of fused-ring (bicyclic) bond motifs is 1. The second-order valence-electron chi connectivity index (χ2n) is 11.7. The van der Waals surface area contributed by atoms with Gasteiger partial charge in [-0.1, -0.05) is 11.3 Å². The predicted octanol–water partition coefficient (Wildman–Crippen LogP) is 4.28. The Balaban J connectivity index is 1.44. The Morgan fingerprint density at radius 3 is 2.53 bits per heavy atom. The van der Waals surface area contributed by atoms with E-state index in [4.69, 9.17) is 0 Å². The zero-order chi connectivity index (χ0) is 33.3. The number of carbonyl (C=O) groups excluding carboxylic acids is 2. The summed E-state index contributed by atoms with van der Waals surface area (Å²) >= 11 is 0. The molecular weight excluding hydrogens is 620 g/mol. The van der Waals surface area contributed by atoms with E-state index in [0.717, 1.165) is 0 Å². The molecule has 0 atom stereocenters. The van der Waals surface area contributed by atoms with Crippen LogP contribution in [0.5, 0.6) is 5.75 Å². The lowest BCUT2D eigenvalue weighted by molar-refractivity contribution is -0.274. The van der Waals surface area contributed by atoms with Gasteiger partial charge in [0.2, 0.25) is 5.91 Å². The number of alkyl halides is 3. The molecule has 248 valence electrons.